The highest BCUT2D eigenvalue weighted by atomic mass is 16.2. The van der Waals surface area contributed by atoms with Gasteiger partial charge in [-0.1, -0.05) is 27.7 Å². The minimum atomic E-state index is -0.0651. The van der Waals surface area contributed by atoms with Crippen LogP contribution in [0.1, 0.15) is 40.5 Å². The highest BCUT2D eigenvalue weighted by Crippen LogP contribution is 2.30. The van der Waals surface area contributed by atoms with Gasteiger partial charge in [-0.2, -0.15) is 0 Å². The monoisotopic (exact) mass is 269 g/mol. The Hall–Kier alpha value is -0.610. The first-order chi connectivity index (χ1) is 8.74. The molecule has 1 heterocycles. The SMILES string of the molecule is CC(C)C(CN(C)C)NC(=O)C1NCCCC1(C)C. The third-order valence-electron chi connectivity index (χ3n) is 4.08. The van der Waals surface area contributed by atoms with Crippen LogP contribution >= 0.6 is 0 Å². The maximum Gasteiger partial charge on any atom is 0.237 e. The lowest BCUT2D eigenvalue weighted by atomic mass is 9.77. The Morgan fingerprint density at radius 1 is 1.42 bits per heavy atom. The zero-order valence-corrected chi connectivity index (χ0v) is 13.4. The van der Waals surface area contributed by atoms with Crippen LogP contribution in [0.4, 0.5) is 0 Å². The number of carbonyl (C=O) groups is 1. The fraction of sp³-hybridized carbons (Fsp3) is 0.933. The minimum Gasteiger partial charge on any atom is -0.350 e. The Balaban J connectivity index is 2.65. The van der Waals surface area contributed by atoms with E-state index >= 15 is 0 Å². The average molecular weight is 269 g/mol. The topological polar surface area (TPSA) is 44.4 Å². The van der Waals surface area contributed by atoms with Crippen LogP contribution in [0.15, 0.2) is 0 Å². The molecule has 0 aromatic rings. The molecule has 1 saturated heterocycles. The van der Waals surface area contributed by atoms with E-state index in [1.54, 1.807) is 0 Å². The first-order valence-electron chi connectivity index (χ1n) is 7.42. The molecule has 1 aliphatic rings. The largest absolute Gasteiger partial charge is 0.350 e. The molecule has 2 atom stereocenters. The highest BCUT2D eigenvalue weighted by Gasteiger charge is 2.37. The number of hydrogen-bond donors (Lipinski definition) is 2. The molecule has 112 valence electrons. The van der Waals surface area contributed by atoms with Crippen molar-refractivity contribution in [2.24, 2.45) is 11.3 Å². The van der Waals surface area contributed by atoms with E-state index < -0.39 is 0 Å². The third-order valence-corrected chi connectivity index (χ3v) is 4.08. The Morgan fingerprint density at radius 2 is 2.05 bits per heavy atom. The van der Waals surface area contributed by atoms with Crippen molar-refractivity contribution in [2.75, 3.05) is 27.2 Å². The molecule has 1 aliphatic heterocycles. The smallest absolute Gasteiger partial charge is 0.237 e. The maximum absolute atomic E-state index is 12.5. The van der Waals surface area contributed by atoms with E-state index in [1.165, 1.54) is 0 Å². The summed E-state index contributed by atoms with van der Waals surface area (Å²) in [5.74, 6) is 0.600. The van der Waals surface area contributed by atoms with Gasteiger partial charge >= 0.3 is 0 Å². The van der Waals surface area contributed by atoms with Gasteiger partial charge in [-0.05, 0) is 44.8 Å². The average Bonchev–Trinajstić information content (AvgIpc) is 2.26. The van der Waals surface area contributed by atoms with E-state index in [4.69, 9.17) is 0 Å². The van der Waals surface area contributed by atoms with Gasteiger partial charge < -0.3 is 15.5 Å². The van der Waals surface area contributed by atoms with Gasteiger partial charge in [0.25, 0.3) is 0 Å². The quantitative estimate of drug-likeness (QED) is 0.794. The normalized spacial score (nSPS) is 24.5. The van der Waals surface area contributed by atoms with Gasteiger partial charge in [0.2, 0.25) is 5.91 Å². The molecule has 2 unspecified atom stereocenters. The number of amides is 1. The number of hydrogen-bond acceptors (Lipinski definition) is 3. The van der Waals surface area contributed by atoms with E-state index in [9.17, 15) is 4.79 Å². The molecule has 2 N–H and O–H groups in total. The fourth-order valence-corrected chi connectivity index (χ4v) is 2.74. The predicted molar refractivity (Wildman–Crippen MR) is 80.1 cm³/mol. The third kappa shape index (κ3) is 4.77. The molecular formula is C15H31N3O. The molecule has 0 aromatic carbocycles. The van der Waals surface area contributed by atoms with E-state index in [-0.39, 0.29) is 23.4 Å². The van der Waals surface area contributed by atoms with Crippen molar-refractivity contribution in [2.45, 2.75) is 52.6 Å². The van der Waals surface area contributed by atoms with E-state index in [2.05, 4.69) is 43.2 Å². The number of piperidine rings is 1. The van der Waals surface area contributed by atoms with Gasteiger partial charge in [-0.3, -0.25) is 4.79 Å². The van der Waals surface area contributed by atoms with Gasteiger partial charge in [0, 0.05) is 12.6 Å². The van der Waals surface area contributed by atoms with Crippen molar-refractivity contribution >= 4 is 5.91 Å². The summed E-state index contributed by atoms with van der Waals surface area (Å²) in [5.41, 5.74) is 0.0436. The molecule has 1 rings (SSSR count). The molecule has 0 bridgehead atoms. The second-order valence-corrected chi connectivity index (χ2v) is 7.10. The van der Waals surface area contributed by atoms with Crippen LogP contribution < -0.4 is 10.6 Å². The zero-order chi connectivity index (χ0) is 14.6. The predicted octanol–water partition coefficient (Wildman–Crippen LogP) is 1.47. The summed E-state index contributed by atoms with van der Waals surface area (Å²) < 4.78 is 0. The molecule has 4 nitrogen and oxygen atoms in total. The van der Waals surface area contributed by atoms with Crippen LogP contribution in [-0.2, 0) is 4.79 Å². The van der Waals surface area contributed by atoms with Gasteiger partial charge in [0.15, 0.2) is 0 Å². The van der Waals surface area contributed by atoms with Crippen LogP contribution in [-0.4, -0.2) is 50.1 Å². The lowest BCUT2D eigenvalue weighted by molar-refractivity contribution is -0.127. The lowest BCUT2D eigenvalue weighted by Crippen LogP contribution is -2.58. The summed E-state index contributed by atoms with van der Waals surface area (Å²) in [4.78, 5) is 14.6. The van der Waals surface area contributed by atoms with Crippen molar-refractivity contribution in [3.8, 4) is 0 Å². The Labute approximate surface area is 118 Å². The van der Waals surface area contributed by atoms with Crippen molar-refractivity contribution in [3.05, 3.63) is 0 Å². The summed E-state index contributed by atoms with van der Waals surface area (Å²) in [6, 6.07) is 0.145. The standard InChI is InChI=1S/C15H31N3O/c1-11(2)12(10-18(5)6)17-14(19)13-15(3,4)8-7-9-16-13/h11-13,16H,7-10H2,1-6H3,(H,17,19). The molecule has 1 fully saturated rings. The van der Waals surface area contributed by atoms with Gasteiger partial charge in [0.05, 0.1) is 6.04 Å². The summed E-state index contributed by atoms with van der Waals surface area (Å²) in [6.07, 6.45) is 2.26. The van der Waals surface area contributed by atoms with Gasteiger partial charge in [-0.15, -0.1) is 0 Å². The van der Waals surface area contributed by atoms with Crippen molar-refractivity contribution in [1.29, 1.82) is 0 Å². The number of likely N-dealkylation sites (N-methyl/N-ethyl adjacent to an activating group) is 1. The molecule has 0 radical (unpaired) electrons. The first kappa shape index (κ1) is 16.4. The molecule has 19 heavy (non-hydrogen) atoms. The van der Waals surface area contributed by atoms with E-state index in [0.29, 0.717) is 5.92 Å². The van der Waals surface area contributed by atoms with Crippen LogP contribution in [0.3, 0.4) is 0 Å². The minimum absolute atomic E-state index is 0.0436. The van der Waals surface area contributed by atoms with Gasteiger partial charge in [-0.25, -0.2) is 0 Å². The van der Waals surface area contributed by atoms with E-state index in [0.717, 1.165) is 25.9 Å². The van der Waals surface area contributed by atoms with Crippen LogP contribution in [0.5, 0.6) is 0 Å². The summed E-state index contributed by atoms with van der Waals surface area (Å²) in [5, 5.41) is 6.61. The second kappa shape index (κ2) is 6.71. The molecular weight excluding hydrogens is 238 g/mol. The molecule has 0 spiro atoms. The van der Waals surface area contributed by atoms with Crippen molar-refractivity contribution in [3.63, 3.8) is 0 Å². The number of rotatable bonds is 5. The zero-order valence-electron chi connectivity index (χ0n) is 13.4. The molecule has 0 aromatic heterocycles. The highest BCUT2D eigenvalue weighted by molar-refractivity contribution is 5.83. The lowest BCUT2D eigenvalue weighted by Gasteiger charge is -2.39. The van der Waals surface area contributed by atoms with Gasteiger partial charge in [0.1, 0.15) is 0 Å². The molecule has 1 amide bonds. The number of nitrogens with zero attached hydrogens (tertiary/aromatic N) is 1. The molecule has 0 aliphatic carbocycles. The van der Waals surface area contributed by atoms with Crippen LogP contribution in [0, 0.1) is 11.3 Å². The van der Waals surface area contributed by atoms with Crippen LogP contribution in [0.2, 0.25) is 0 Å². The van der Waals surface area contributed by atoms with Crippen molar-refractivity contribution < 1.29 is 4.79 Å². The van der Waals surface area contributed by atoms with Crippen molar-refractivity contribution in [1.82, 2.24) is 15.5 Å². The Bertz CT molecular complexity index is 300. The van der Waals surface area contributed by atoms with Crippen LogP contribution in [0.25, 0.3) is 0 Å². The summed E-state index contributed by atoms with van der Waals surface area (Å²) >= 11 is 0. The molecule has 0 saturated carbocycles. The van der Waals surface area contributed by atoms with E-state index in [1.807, 2.05) is 14.1 Å². The Kier molecular flexibility index (Phi) is 5.81. The maximum atomic E-state index is 12.5. The number of nitrogens with one attached hydrogen (secondary N) is 2. The summed E-state index contributed by atoms with van der Waals surface area (Å²) in [6.45, 7) is 10.5. The fourth-order valence-electron chi connectivity index (χ4n) is 2.74. The summed E-state index contributed by atoms with van der Waals surface area (Å²) in [7, 11) is 4.09. The first-order valence-corrected chi connectivity index (χ1v) is 7.42. The second-order valence-electron chi connectivity index (χ2n) is 7.10. The number of carbonyl (C=O) groups excluding carboxylic acids is 1. The molecule has 4 heteroatoms. The Morgan fingerprint density at radius 3 is 2.53 bits per heavy atom.